The van der Waals surface area contributed by atoms with Gasteiger partial charge in [-0.05, 0) is 23.3 Å². The van der Waals surface area contributed by atoms with Gasteiger partial charge in [-0.2, -0.15) is 5.26 Å². The first-order valence-electron chi connectivity index (χ1n) is 11.3. The van der Waals surface area contributed by atoms with Crippen molar-refractivity contribution in [2.45, 2.75) is 13.2 Å². The standard InChI is InChI=1S/C28H21N3O7/c29-13-21-22(32)12-11-20(24(21)26(33)31-30)27(34)38-28(35)25-23(18-9-5-2-6-10-18)19(16-37-25)15-36-14-17-7-3-1-4-8-17/h1-12,16,32H,14-15,30H2,(H,31,33). The van der Waals surface area contributed by atoms with Gasteiger partial charge in [0.05, 0.1) is 30.6 Å². The summed E-state index contributed by atoms with van der Waals surface area (Å²) in [6.07, 6.45) is 1.34. The molecular weight excluding hydrogens is 490 g/mol. The van der Waals surface area contributed by atoms with Gasteiger partial charge >= 0.3 is 11.9 Å². The molecule has 0 fully saturated rings. The minimum Gasteiger partial charge on any atom is -0.507 e. The SMILES string of the molecule is N#Cc1c(O)ccc(C(=O)OC(=O)c2occ(COCc3ccccc3)c2-c2ccccc2)c1C(=O)NN. The quantitative estimate of drug-likeness (QED) is 0.105. The van der Waals surface area contributed by atoms with Crippen LogP contribution in [-0.4, -0.2) is 23.0 Å². The number of nitrogen functional groups attached to an aromatic ring is 1. The van der Waals surface area contributed by atoms with Crippen molar-refractivity contribution >= 4 is 17.8 Å². The summed E-state index contributed by atoms with van der Waals surface area (Å²) >= 11 is 0. The molecule has 10 nitrogen and oxygen atoms in total. The Morgan fingerprint density at radius 1 is 0.947 bits per heavy atom. The number of phenolic OH excluding ortho intramolecular Hbond substituents is 1. The maximum Gasteiger partial charge on any atom is 0.382 e. The van der Waals surface area contributed by atoms with Gasteiger partial charge in [-0.3, -0.25) is 10.2 Å². The summed E-state index contributed by atoms with van der Waals surface area (Å²) in [5.74, 6) is 0.951. The summed E-state index contributed by atoms with van der Waals surface area (Å²) < 4.78 is 16.4. The van der Waals surface area contributed by atoms with Gasteiger partial charge in [-0.1, -0.05) is 60.7 Å². The number of carbonyl (C=O) groups excluding carboxylic acids is 3. The molecule has 0 aliphatic heterocycles. The highest BCUT2D eigenvalue weighted by atomic mass is 16.6. The highest BCUT2D eigenvalue weighted by Crippen LogP contribution is 2.32. The molecule has 0 aliphatic carbocycles. The molecule has 4 rings (SSSR count). The van der Waals surface area contributed by atoms with Crippen LogP contribution in [0.4, 0.5) is 0 Å². The number of hydrogen-bond donors (Lipinski definition) is 3. The maximum absolute atomic E-state index is 13.1. The molecule has 0 atom stereocenters. The van der Waals surface area contributed by atoms with Gasteiger partial charge in [0.25, 0.3) is 5.91 Å². The summed E-state index contributed by atoms with van der Waals surface area (Å²) in [6.45, 7) is 0.431. The number of hydrogen-bond acceptors (Lipinski definition) is 9. The topological polar surface area (TPSA) is 165 Å². The summed E-state index contributed by atoms with van der Waals surface area (Å²) in [6, 6.07) is 22.1. The first-order valence-corrected chi connectivity index (χ1v) is 11.3. The van der Waals surface area contributed by atoms with Gasteiger partial charge in [0.1, 0.15) is 17.4 Å². The number of benzene rings is 3. The van der Waals surface area contributed by atoms with Crippen molar-refractivity contribution in [3.63, 3.8) is 0 Å². The number of amides is 1. The number of nitrogens with zero attached hydrogens (tertiary/aromatic N) is 1. The number of esters is 2. The normalized spacial score (nSPS) is 10.4. The molecule has 1 aromatic heterocycles. The van der Waals surface area contributed by atoms with Crippen LogP contribution in [0, 0.1) is 11.3 Å². The lowest BCUT2D eigenvalue weighted by atomic mass is 10.00. The molecule has 4 aromatic rings. The smallest absolute Gasteiger partial charge is 0.382 e. The summed E-state index contributed by atoms with van der Waals surface area (Å²) in [7, 11) is 0. The minimum atomic E-state index is -1.25. The van der Waals surface area contributed by atoms with E-state index in [4.69, 9.17) is 19.7 Å². The van der Waals surface area contributed by atoms with Crippen LogP contribution in [0.2, 0.25) is 0 Å². The van der Waals surface area contributed by atoms with E-state index in [0.29, 0.717) is 23.3 Å². The van der Waals surface area contributed by atoms with E-state index in [1.807, 2.05) is 30.3 Å². The van der Waals surface area contributed by atoms with E-state index in [9.17, 15) is 24.8 Å². The molecule has 10 heteroatoms. The molecule has 38 heavy (non-hydrogen) atoms. The molecule has 0 bridgehead atoms. The number of nitriles is 1. The van der Waals surface area contributed by atoms with E-state index in [2.05, 4.69) is 0 Å². The van der Waals surface area contributed by atoms with Crippen molar-refractivity contribution in [1.29, 1.82) is 5.26 Å². The molecule has 0 spiro atoms. The van der Waals surface area contributed by atoms with Crippen molar-refractivity contribution in [3.8, 4) is 22.9 Å². The lowest BCUT2D eigenvalue weighted by Gasteiger charge is -2.11. The Morgan fingerprint density at radius 2 is 1.63 bits per heavy atom. The number of rotatable bonds is 8. The summed E-state index contributed by atoms with van der Waals surface area (Å²) in [5, 5.41) is 19.3. The molecule has 0 aliphatic rings. The van der Waals surface area contributed by atoms with Crippen molar-refractivity contribution in [2.75, 3.05) is 0 Å². The average Bonchev–Trinajstić information content (AvgIpc) is 3.37. The predicted molar refractivity (Wildman–Crippen MR) is 133 cm³/mol. The highest BCUT2D eigenvalue weighted by Gasteiger charge is 2.29. The van der Waals surface area contributed by atoms with E-state index in [0.717, 1.165) is 17.7 Å². The minimum absolute atomic E-state index is 0.105. The fraction of sp³-hybridized carbons (Fsp3) is 0.0714. The highest BCUT2D eigenvalue weighted by molar-refractivity contribution is 6.11. The molecule has 0 saturated heterocycles. The zero-order chi connectivity index (χ0) is 27.1. The van der Waals surface area contributed by atoms with Crippen LogP contribution in [0.1, 0.15) is 48.0 Å². The number of furan rings is 1. The second-order valence-corrected chi connectivity index (χ2v) is 7.95. The van der Waals surface area contributed by atoms with Crippen molar-refractivity contribution in [1.82, 2.24) is 5.43 Å². The zero-order valence-corrected chi connectivity index (χ0v) is 19.8. The Kier molecular flexibility index (Phi) is 7.93. The van der Waals surface area contributed by atoms with Crippen molar-refractivity contribution in [3.05, 3.63) is 113 Å². The fourth-order valence-electron chi connectivity index (χ4n) is 3.79. The maximum atomic E-state index is 13.1. The van der Waals surface area contributed by atoms with E-state index in [-0.39, 0.29) is 12.4 Å². The molecule has 190 valence electrons. The Morgan fingerprint density at radius 3 is 2.29 bits per heavy atom. The number of nitrogens with two attached hydrogens (primary N) is 1. The number of phenols is 1. The largest absolute Gasteiger partial charge is 0.507 e. The monoisotopic (exact) mass is 511 g/mol. The fourth-order valence-corrected chi connectivity index (χ4v) is 3.79. The third-order valence-corrected chi connectivity index (χ3v) is 5.54. The molecule has 3 aromatic carbocycles. The lowest BCUT2D eigenvalue weighted by Crippen LogP contribution is -2.32. The summed E-state index contributed by atoms with van der Waals surface area (Å²) in [5.41, 5.74) is 2.82. The van der Waals surface area contributed by atoms with E-state index in [1.54, 1.807) is 41.8 Å². The molecule has 1 heterocycles. The second kappa shape index (κ2) is 11.7. The van der Waals surface area contributed by atoms with Crippen LogP contribution in [-0.2, 0) is 22.7 Å². The number of hydrazine groups is 1. The van der Waals surface area contributed by atoms with Crippen molar-refractivity contribution < 1.29 is 33.4 Å². The average molecular weight is 511 g/mol. The number of nitrogens with one attached hydrogen (secondary N) is 1. The van der Waals surface area contributed by atoms with Crippen LogP contribution in [0.15, 0.2) is 83.5 Å². The van der Waals surface area contributed by atoms with Crippen LogP contribution in [0.5, 0.6) is 5.75 Å². The Balaban J connectivity index is 1.63. The predicted octanol–water partition coefficient (Wildman–Crippen LogP) is 3.84. The Hall–Kier alpha value is -5.24. The van der Waals surface area contributed by atoms with Gasteiger partial charge in [-0.15, -0.1) is 0 Å². The molecule has 4 N–H and O–H groups in total. The van der Waals surface area contributed by atoms with E-state index < -0.39 is 40.3 Å². The van der Waals surface area contributed by atoms with Gasteiger partial charge in [-0.25, -0.2) is 15.4 Å². The molecule has 1 amide bonds. The zero-order valence-electron chi connectivity index (χ0n) is 19.8. The first kappa shape index (κ1) is 25.8. The van der Waals surface area contributed by atoms with E-state index >= 15 is 0 Å². The van der Waals surface area contributed by atoms with Crippen LogP contribution >= 0.6 is 0 Å². The number of carbonyl (C=O) groups is 3. The molecule has 0 unspecified atom stereocenters. The van der Waals surface area contributed by atoms with Gasteiger partial charge in [0.2, 0.25) is 5.76 Å². The Bertz CT molecular complexity index is 1520. The molecule has 0 radical (unpaired) electrons. The van der Waals surface area contributed by atoms with Crippen molar-refractivity contribution in [2.24, 2.45) is 5.84 Å². The first-order chi connectivity index (χ1) is 18.4. The lowest BCUT2D eigenvalue weighted by molar-refractivity contribution is 0.0374. The van der Waals surface area contributed by atoms with Crippen LogP contribution in [0.3, 0.4) is 0 Å². The van der Waals surface area contributed by atoms with E-state index in [1.165, 1.54) is 6.26 Å². The van der Waals surface area contributed by atoms with Crippen LogP contribution < -0.4 is 11.3 Å². The number of ether oxygens (including phenoxy) is 2. The summed E-state index contributed by atoms with van der Waals surface area (Å²) in [4.78, 5) is 38.2. The second-order valence-electron chi connectivity index (χ2n) is 7.95. The third kappa shape index (κ3) is 5.44. The Labute approximate surface area is 216 Å². The molecular formula is C28H21N3O7. The van der Waals surface area contributed by atoms with Gasteiger partial charge < -0.3 is 19.0 Å². The molecule has 0 saturated carbocycles. The third-order valence-electron chi connectivity index (χ3n) is 5.54. The number of aromatic hydroxyl groups is 1. The van der Waals surface area contributed by atoms with Gasteiger partial charge in [0, 0.05) is 11.1 Å². The van der Waals surface area contributed by atoms with Crippen LogP contribution in [0.25, 0.3) is 11.1 Å². The van der Waals surface area contributed by atoms with Gasteiger partial charge in [0.15, 0.2) is 0 Å².